The number of aliphatic hydroxyl groups is 1. The Morgan fingerprint density at radius 1 is 1.43 bits per heavy atom. The van der Waals surface area contributed by atoms with Gasteiger partial charge in [0.15, 0.2) is 0 Å². The van der Waals surface area contributed by atoms with Crippen LogP contribution >= 0.6 is 22.6 Å². The fraction of sp³-hybridized carbons (Fsp3) is 0.333. The maximum atomic E-state index is 13.3. The van der Waals surface area contributed by atoms with Gasteiger partial charge in [0.2, 0.25) is 0 Å². The van der Waals surface area contributed by atoms with Crippen molar-refractivity contribution < 1.29 is 13.9 Å². The molecular weight excluding hydrogens is 303 g/mol. The van der Waals surface area contributed by atoms with Crippen LogP contribution in [0.25, 0.3) is 0 Å². The molecule has 2 N–H and O–H groups in total. The van der Waals surface area contributed by atoms with Gasteiger partial charge in [0.1, 0.15) is 11.6 Å². The van der Waals surface area contributed by atoms with E-state index in [-0.39, 0.29) is 12.2 Å². The lowest BCUT2D eigenvalue weighted by atomic mass is 10.1. The Hall–Kier alpha value is -0.270. The van der Waals surface area contributed by atoms with Gasteiger partial charge in [0.25, 0.3) is 0 Å². The summed E-state index contributed by atoms with van der Waals surface area (Å²) < 4.78 is 27.2. The molecule has 0 aliphatic heterocycles. The summed E-state index contributed by atoms with van der Waals surface area (Å²) in [6, 6.07) is 1.77. The molecule has 0 amide bonds. The molecule has 1 unspecified atom stereocenters. The minimum atomic E-state index is -0.702. The normalized spacial score (nSPS) is 12.9. The lowest BCUT2D eigenvalue weighted by molar-refractivity contribution is 0.244. The van der Waals surface area contributed by atoms with Gasteiger partial charge in [-0.3, -0.25) is 0 Å². The Bertz CT molecular complexity index is 306. The molecule has 1 aromatic carbocycles. The standard InChI is InChI=1S/C9H10F2INO/c1-13-8(4-14)9-6(10)2-5(12)3-7(9)11/h2-3,8,13-14H,4H2,1H3. The van der Waals surface area contributed by atoms with Crippen LogP contribution in [0.15, 0.2) is 12.1 Å². The minimum absolute atomic E-state index is 0.115. The van der Waals surface area contributed by atoms with Crippen molar-refractivity contribution >= 4 is 22.6 Å². The second kappa shape index (κ2) is 4.99. The fourth-order valence-electron chi connectivity index (χ4n) is 1.21. The first-order valence-electron chi connectivity index (χ1n) is 4.02. The highest BCUT2D eigenvalue weighted by molar-refractivity contribution is 14.1. The van der Waals surface area contributed by atoms with Crippen molar-refractivity contribution in [1.82, 2.24) is 5.32 Å². The average Bonchev–Trinajstić information content (AvgIpc) is 2.10. The second-order valence-electron chi connectivity index (χ2n) is 2.81. The van der Waals surface area contributed by atoms with Gasteiger partial charge in [-0.25, -0.2) is 8.78 Å². The summed E-state index contributed by atoms with van der Waals surface area (Å²) in [7, 11) is 1.54. The van der Waals surface area contributed by atoms with E-state index in [0.717, 1.165) is 0 Å². The molecule has 0 aliphatic carbocycles. The molecule has 0 spiro atoms. The zero-order valence-corrected chi connectivity index (χ0v) is 9.68. The predicted octanol–water partition coefficient (Wildman–Crippen LogP) is 1.82. The zero-order valence-electron chi connectivity index (χ0n) is 7.52. The molecule has 1 rings (SSSR count). The summed E-state index contributed by atoms with van der Waals surface area (Å²) in [6.07, 6.45) is 0. The third kappa shape index (κ3) is 2.40. The first-order chi connectivity index (χ1) is 6.60. The van der Waals surface area contributed by atoms with E-state index in [1.807, 2.05) is 22.6 Å². The van der Waals surface area contributed by atoms with E-state index in [0.29, 0.717) is 3.57 Å². The minimum Gasteiger partial charge on any atom is -0.394 e. The first kappa shape index (κ1) is 11.8. The van der Waals surface area contributed by atoms with Crippen LogP contribution in [0.2, 0.25) is 0 Å². The maximum Gasteiger partial charge on any atom is 0.132 e. The molecule has 0 fully saturated rings. The average molecular weight is 313 g/mol. The summed E-state index contributed by atoms with van der Waals surface area (Å²) in [4.78, 5) is 0. The van der Waals surface area contributed by atoms with Gasteiger partial charge in [-0.1, -0.05) is 0 Å². The molecule has 0 bridgehead atoms. The van der Waals surface area contributed by atoms with Gasteiger partial charge in [-0.15, -0.1) is 0 Å². The van der Waals surface area contributed by atoms with Crippen LogP contribution in [0.4, 0.5) is 8.78 Å². The highest BCUT2D eigenvalue weighted by Crippen LogP contribution is 2.22. The number of likely N-dealkylation sites (N-methyl/N-ethyl adjacent to an activating group) is 1. The van der Waals surface area contributed by atoms with E-state index >= 15 is 0 Å². The molecule has 1 atom stereocenters. The van der Waals surface area contributed by atoms with Gasteiger partial charge in [0, 0.05) is 9.13 Å². The van der Waals surface area contributed by atoms with Crippen LogP contribution in [0.1, 0.15) is 11.6 Å². The number of benzene rings is 1. The topological polar surface area (TPSA) is 32.3 Å². The Labute approximate surface area is 94.5 Å². The smallest absolute Gasteiger partial charge is 0.132 e. The third-order valence-corrected chi connectivity index (χ3v) is 2.55. The van der Waals surface area contributed by atoms with E-state index in [1.54, 1.807) is 0 Å². The van der Waals surface area contributed by atoms with Crippen molar-refractivity contribution in [1.29, 1.82) is 0 Å². The number of aliphatic hydroxyl groups excluding tert-OH is 1. The lowest BCUT2D eigenvalue weighted by Gasteiger charge is -2.15. The Balaban J connectivity index is 3.19. The number of rotatable bonds is 3. The monoisotopic (exact) mass is 313 g/mol. The molecular formula is C9H10F2INO. The number of halogens is 3. The summed E-state index contributed by atoms with van der Waals surface area (Å²) in [5.74, 6) is -1.27. The first-order valence-corrected chi connectivity index (χ1v) is 5.10. The van der Waals surface area contributed by atoms with Gasteiger partial charge < -0.3 is 10.4 Å². The molecule has 5 heteroatoms. The van der Waals surface area contributed by atoms with Crippen LogP contribution in [0.3, 0.4) is 0 Å². The number of hydrogen-bond acceptors (Lipinski definition) is 2. The third-order valence-electron chi connectivity index (χ3n) is 1.92. The molecule has 0 saturated carbocycles. The second-order valence-corrected chi connectivity index (χ2v) is 4.05. The molecule has 0 aromatic heterocycles. The largest absolute Gasteiger partial charge is 0.394 e. The molecule has 0 heterocycles. The van der Waals surface area contributed by atoms with Crippen molar-refractivity contribution in [3.05, 3.63) is 32.9 Å². The lowest BCUT2D eigenvalue weighted by Crippen LogP contribution is -2.22. The Morgan fingerprint density at radius 3 is 2.29 bits per heavy atom. The summed E-state index contributed by atoms with van der Waals surface area (Å²) >= 11 is 1.83. The molecule has 1 aromatic rings. The number of nitrogens with one attached hydrogen (secondary N) is 1. The van der Waals surface area contributed by atoms with Crippen LogP contribution < -0.4 is 5.32 Å². The van der Waals surface area contributed by atoms with E-state index in [4.69, 9.17) is 5.11 Å². The van der Waals surface area contributed by atoms with Crippen molar-refractivity contribution in [2.24, 2.45) is 0 Å². The molecule has 0 aliphatic rings. The summed E-state index contributed by atoms with van der Waals surface area (Å²) in [5.41, 5.74) is -0.115. The fourth-order valence-corrected chi connectivity index (χ4v) is 1.76. The Kier molecular flexibility index (Phi) is 4.21. The van der Waals surface area contributed by atoms with Crippen molar-refractivity contribution in [3.63, 3.8) is 0 Å². The van der Waals surface area contributed by atoms with E-state index in [9.17, 15) is 8.78 Å². The highest BCUT2D eigenvalue weighted by atomic mass is 127. The molecule has 0 radical (unpaired) electrons. The molecule has 78 valence electrons. The number of hydrogen-bond donors (Lipinski definition) is 2. The summed E-state index contributed by atoms with van der Waals surface area (Å²) in [5, 5.41) is 11.5. The van der Waals surface area contributed by atoms with Gasteiger partial charge in [-0.05, 0) is 41.8 Å². The van der Waals surface area contributed by atoms with Gasteiger partial charge >= 0.3 is 0 Å². The highest BCUT2D eigenvalue weighted by Gasteiger charge is 2.18. The maximum absolute atomic E-state index is 13.3. The quantitative estimate of drug-likeness (QED) is 0.835. The van der Waals surface area contributed by atoms with E-state index in [2.05, 4.69) is 5.32 Å². The predicted molar refractivity (Wildman–Crippen MR) is 58.0 cm³/mol. The van der Waals surface area contributed by atoms with Crippen LogP contribution in [-0.4, -0.2) is 18.8 Å². The van der Waals surface area contributed by atoms with E-state index < -0.39 is 17.7 Å². The van der Waals surface area contributed by atoms with Gasteiger partial charge in [-0.2, -0.15) is 0 Å². The summed E-state index contributed by atoms with van der Waals surface area (Å²) in [6.45, 7) is -0.342. The zero-order chi connectivity index (χ0) is 10.7. The Morgan fingerprint density at radius 2 is 1.93 bits per heavy atom. The SMILES string of the molecule is CNC(CO)c1c(F)cc(I)cc1F. The van der Waals surface area contributed by atoms with Crippen LogP contribution in [0.5, 0.6) is 0 Å². The van der Waals surface area contributed by atoms with Crippen molar-refractivity contribution in [2.45, 2.75) is 6.04 Å². The van der Waals surface area contributed by atoms with Crippen LogP contribution in [0, 0.1) is 15.2 Å². The molecule has 14 heavy (non-hydrogen) atoms. The van der Waals surface area contributed by atoms with Crippen molar-refractivity contribution in [2.75, 3.05) is 13.7 Å². The molecule has 2 nitrogen and oxygen atoms in total. The van der Waals surface area contributed by atoms with Gasteiger partial charge in [0.05, 0.1) is 12.6 Å². The van der Waals surface area contributed by atoms with Crippen LogP contribution in [-0.2, 0) is 0 Å². The van der Waals surface area contributed by atoms with Crippen molar-refractivity contribution in [3.8, 4) is 0 Å². The van der Waals surface area contributed by atoms with E-state index in [1.165, 1.54) is 19.2 Å². The molecule has 0 saturated heterocycles.